The van der Waals surface area contributed by atoms with Crippen LogP contribution in [0.25, 0.3) is 0 Å². The lowest BCUT2D eigenvalue weighted by molar-refractivity contribution is -0.147. The smallest absolute Gasteiger partial charge is 0.214 e. The minimum atomic E-state index is -0.932. The number of primary amides is 1. The third kappa shape index (κ3) is 12.9. The first-order chi connectivity index (χ1) is 9.40. The van der Waals surface area contributed by atoms with Crippen LogP contribution in [0.15, 0.2) is 10.1 Å². The van der Waals surface area contributed by atoms with E-state index < -0.39 is 18.3 Å². The summed E-state index contributed by atoms with van der Waals surface area (Å²) in [5.41, 5.74) is 4.47. The molecule has 1 rings (SSSR count). The molecule has 1 fully saturated rings. The van der Waals surface area contributed by atoms with Gasteiger partial charge in [-0.25, -0.2) is 0 Å². The second-order valence-corrected chi connectivity index (χ2v) is 3.75. The quantitative estimate of drug-likeness (QED) is 0.216. The summed E-state index contributed by atoms with van der Waals surface area (Å²) in [6, 6.07) is 0. The fourth-order valence-corrected chi connectivity index (χ4v) is 1.12. The molecule has 1 amide bonds. The van der Waals surface area contributed by atoms with Gasteiger partial charge in [0.1, 0.15) is 12.2 Å². The summed E-state index contributed by atoms with van der Waals surface area (Å²) in [5, 5.41) is 29.9. The number of hydrogen-bond donors (Lipinski definition) is 5. The van der Waals surface area contributed by atoms with Crippen molar-refractivity contribution >= 4 is 18.3 Å². The molecule has 20 heavy (non-hydrogen) atoms. The molecule has 0 radical (unpaired) electrons. The minimum Gasteiger partial charge on any atom is -0.394 e. The van der Waals surface area contributed by atoms with Gasteiger partial charge in [0.15, 0.2) is 0 Å². The molecule has 9 heteroatoms. The van der Waals surface area contributed by atoms with Gasteiger partial charge in [-0.1, -0.05) is 0 Å². The van der Waals surface area contributed by atoms with Gasteiger partial charge in [0.25, 0.3) is 0 Å². The van der Waals surface area contributed by atoms with E-state index in [0.29, 0.717) is 13.0 Å². The Balaban J connectivity index is 0. The fraction of sp³-hybridized carbons (Fsp3) is 0.727. The predicted octanol–water partition coefficient (Wildman–Crippen LogP) is -2.39. The van der Waals surface area contributed by atoms with E-state index in [0.717, 1.165) is 0 Å². The van der Waals surface area contributed by atoms with Gasteiger partial charge in [0.05, 0.1) is 18.9 Å². The normalized spacial score (nSPS) is 25.6. The number of aliphatic imine (C=N–C) groups is 1. The molecule has 0 saturated carbocycles. The van der Waals surface area contributed by atoms with Crippen molar-refractivity contribution in [3.05, 3.63) is 0 Å². The van der Waals surface area contributed by atoms with Crippen LogP contribution in [0.2, 0.25) is 0 Å². The molecule has 0 spiro atoms. The van der Waals surface area contributed by atoms with Gasteiger partial charge in [-0.15, -0.1) is 0 Å². The predicted molar refractivity (Wildman–Crippen MR) is 75.4 cm³/mol. The van der Waals surface area contributed by atoms with E-state index in [1.54, 1.807) is 7.05 Å². The van der Waals surface area contributed by atoms with Crippen LogP contribution < -0.4 is 11.6 Å². The second kappa shape index (κ2) is 13.9. The van der Waals surface area contributed by atoms with Crippen LogP contribution >= 0.6 is 0 Å². The van der Waals surface area contributed by atoms with Gasteiger partial charge in [-0.05, 0) is 6.42 Å². The molecule has 1 aliphatic heterocycles. The number of aliphatic hydroxyl groups is 3. The SMILES string of the molecule is CC(N)=O.CN=C/C=N\N.OCC1OCCC(O)C1O. The Morgan fingerprint density at radius 2 is 2.00 bits per heavy atom. The first kappa shape index (κ1) is 20.8. The number of carbonyl (C=O) groups excluding carboxylic acids is 1. The van der Waals surface area contributed by atoms with Crippen LogP contribution in [-0.2, 0) is 9.53 Å². The summed E-state index contributed by atoms with van der Waals surface area (Å²) < 4.78 is 4.95. The van der Waals surface area contributed by atoms with Crippen LogP contribution in [0.1, 0.15) is 13.3 Å². The van der Waals surface area contributed by atoms with Crippen LogP contribution in [0.5, 0.6) is 0 Å². The van der Waals surface area contributed by atoms with Gasteiger partial charge in [-0.2, -0.15) is 5.10 Å². The molecule has 0 bridgehead atoms. The van der Waals surface area contributed by atoms with E-state index in [4.69, 9.17) is 25.9 Å². The standard InChI is InChI=1S/C6H12O4.C3H7N3.C2H5NO/c7-3-5-6(9)4(8)1-2-10-5;1-5-2-3-6-4;1-2(3)4/h4-9H,1-3H2;2-3H,4H2,1H3;1H3,(H2,3,4)/b;5-2?,6-3-;. The number of nitrogens with two attached hydrogens (primary N) is 2. The number of amides is 1. The summed E-state index contributed by atoms with van der Waals surface area (Å²) in [6.45, 7) is 1.47. The molecule has 0 aromatic heterocycles. The van der Waals surface area contributed by atoms with Crippen LogP contribution in [0, 0.1) is 0 Å². The van der Waals surface area contributed by atoms with E-state index >= 15 is 0 Å². The molecule has 0 aliphatic carbocycles. The Hall–Kier alpha value is -1.55. The molecule has 0 aromatic rings. The number of rotatable bonds is 2. The summed E-state index contributed by atoms with van der Waals surface area (Å²) in [5.74, 6) is 4.36. The maximum atomic E-state index is 9.22. The van der Waals surface area contributed by atoms with Gasteiger partial charge in [0, 0.05) is 26.8 Å². The van der Waals surface area contributed by atoms with Crippen molar-refractivity contribution in [3.63, 3.8) is 0 Å². The Kier molecular flexibility index (Phi) is 14.4. The van der Waals surface area contributed by atoms with E-state index in [9.17, 15) is 4.79 Å². The Morgan fingerprint density at radius 3 is 2.30 bits per heavy atom. The number of nitrogens with zero attached hydrogens (tertiary/aromatic N) is 2. The molecule has 0 aromatic carbocycles. The first-order valence-electron chi connectivity index (χ1n) is 5.89. The zero-order chi connectivity index (χ0) is 16.0. The molecule has 1 saturated heterocycles. The average Bonchev–Trinajstić information content (AvgIpc) is 2.39. The molecule has 118 valence electrons. The van der Waals surface area contributed by atoms with Gasteiger partial charge < -0.3 is 31.6 Å². The van der Waals surface area contributed by atoms with Gasteiger partial charge in [-0.3, -0.25) is 9.79 Å². The van der Waals surface area contributed by atoms with Crippen molar-refractivity contribution in [1.29, 1.82) is 0 Å². The maximum Gasteiger partial charge on any atom is 0.214 e. The number of hydrogen-bond acceptors (Lipinski definition) is 8. The van der Waals surface area contributed by atoms with E-state index in [2.05, 4.69) is 15.8 Å². The van der Waals surface area contributed by atoms with Gasteiger partial charge in [0.2, 0.25) is 5.91 Å². The van der Waals surface area contributed by atoms with Crippen molar-refractivity contribution in [2.45, 2.75) is 31.7 Å². The Labute approximate surface area is 117 Å². The number of aliphatic hydroxyl groups excluding tert-OH is 3. The van der Waals surface area contributed by atoms with E-state index in [-0.39, 0.29) is 12.5 Å². The Bertz CT molecular complexity index is 285. The summed E-state index contributed by atoms with van der Waals surface area (Å²) in [6.07, 6.45) is 1.09. The average molecular weight is 292 g/mol. The van der Waals surface area contributed by atoms with Crippen molar-refractivity contribution in [1.82, 2.24) is 0 Å². The van der Waals surface area contributed by atoms with E-state index in [1.807, 2.05) is 0 Å². The number of hydrazone groups is 1. The summed E-state index contributed by atoms with van der Waals surface area (Å²) in [7, 11) is 1.65. The van der Waals surface area contributed by atoms with Crippen molar-refractivity contribution in [2.75, 3.05) is 20.3 Å². The largest absolute Gasteiger partial charge is 0.394 e. The monoisotopic (exact) mass is 292 g/mol. The van der Waals surface area contributed by atoms with Crippen LogP contribution in [0.4, 0.5) is 0 Å². The van der Waals surface area contributed by atoms with Gasteiger partial charge >= 0.3 is 0 Å². The number of ether oxygens (including phenoxy) is 1. The fourth-order valence-electron chi connectivity index (χ4n) is 1.12. The highest BCUT2D eigenvalue weighted by molar-refractivity contribution is 6.15. The first-order valence-corrected chi connectivity index (χ1v) is 5.89. The lowest BCUT2D eigenvalue weighted by Gasteiger charge is -2.30. The molecular formula is C11H24N4O5. The molecule has 1 aliphatic rings. The van der Waals surface area contributed by atoms with Crippen molar-refractivity contribution < 1.29 is 24.9 Å². The highest BCUT2D eigenvalue weighted by Gasteiger charge is 2.30. The lowest BCUT2D eigenvalue weighted by atomic mass is 10.0. The zero-order valence-corrected chi connectivity index (χ0v) is 11.7. The molecule has 7 N–H and O–H groups in total. The lowest BCUT2D eigenvalue weighted by Crippen LogP contribution is -2.46. The highest BCUT2D eigenvalue weighted by atomic mass is 16.5. The molecule has 3 atom stereocenters. The topological polar surface area (TPSA) is 164 Å². The molecular weight excluding hydrogens is 268 g/mol. The second-order valence-electron chi connectivity index (χ2n) is 3.75. The van der Waals surface area contributed by atoms with Crippen LogP contribution in [0.3, 0.4) is 0 Å². The zero-order valence-electron chi connectivity index (χ0n) is 11.7. The molecule has 1 heterocycles. The Morgan fingerprint density at radius 1 is 1.45 bits per heavy atom. The maximum absolute atomic E-state index is 9.22. The molecule has 3 unspecified atom stereocenters. The highest BCUT2D eigenvalue weighted by Crippen LogP contribution is 2.13. The third-order valence-electron chi connectivity index (χ3n) is 2.00. The van der Waals surface area contributed by atoms with Crippen molar-refractivity contribution in [2.24, 2.45) is 21.7 Å². The molecule has 9 nitrogen and oxygen atoms in total. The number of carbonyl (C=O) groups is 1. The minimum absolute atomic E-state index is 0.238. The summed E-state index contributed by atoms with van der Waals surface area (Å²) >= 11 is 0. The van der Waals surface area contributed by atoms with Crippen LogP contribution in [-0.4, -0.2) is 72.2 Å². The summed E-state index contributed by atoms with van der Waals surface area (Å²) in [4.78, 5) is 12.8. The third-order valence-corrected chi connectivity index (χ3v) is 2.00. The van der Waals surface area contributed by atoms with Crippen molar-refractivity contribution in [3.8, 4) is 0 Å². The van der Waals surface area contributed by atoms with E-state index in [1.165, 1.54) is 19.4 Å².